The molecule has 0 amide bonds. The molecule has 2 rings (SSSR count). The number of thioether (sulfide) groups is 1. The number of terminal acetylenes is 1. The van der Waals surface area contributed by atoms with E-state index >= 15 is 0 Å². The van der Waals surface area contributed by atoms with Crippen LogP contribution in [-0.2, 0) is 0 Å². The molecule has 162 valence electrons. The minimum atomic E-state index is -0.576. The van der Waals surface area contributed by atoms with Crippen LogP contribution >= 0.6 is 11.8 Å². The second kappa shape index (κ2) is 16.9. The number of aliphatic imine (C=N–C) groups is 1. The van der Waals surface area contributed by atoms with Crippen molar-refractivity contribution in [3.63, 3.8) is 0 Å². The minimum absolute atomic E-state index is 0.0578. The molecular weight excluding hydrogens is 408 g/mol. The van der Waals surface area contributed by atoms with E-state index in [1.54, 1.807) is 18.8 Å². The van der Waals surface area contributed by atoms with E-state index in [-0.39, 0.29) is 24.0 Å². The van der Waals surface area contributed by atoms with Gasteiger partial charge >= 0.3 is 0 Å². The van der Waals surface area contributed by atoms with Crippen molar-refractivity contribution >= 4 is 28.8 Å². The summed E-state index contributed by atoms with van der Waals surface area (Å²) in [6.45, 7) is 2.12. The fraction of sp³-hybridized carbons (Fsp3) is 0.286. The van der Waals surface area contributed by atoms with Gasteiger partial charge in [0.1, 0.15) is 11.5 Å². The summed E-state index contributed by atoms with van der Waals surface area (Å²) in [5.74, 6) is 2.56. The Bertz CT molecular complexity index is 819. The number of amidine groups is 1. The molecule has 0 aliphatic rings. The average Bonchev–Trinajstić information content (AvgIpc) is 2.75. The van der Waals surface area contributed by atoms with Gasteiger partial charge in [-0.1, -0.05) is 36.7 Å². The number of nitrogens with one attached hydrogen (secondary N) is 1. The predicted octanol–water partition coefficient (Wildman–Crippen LogP) is 3.61. The van der Waals surface area contributed by atoms with E-state index in [1.807, 2.05) is 21.0 Å². The summed E-state index contributed by atoms with van der Waals surface area (Å²) in [7, 11) is 5.44. The van der Waals surface area contributed by atoms with Crippen LogP contribution in [0, 0.1) is 18.2 Å². The highest BCUT2D eigenvalue weighted by Gasteiger charge is 2.04. The van der Waals surface area contributed by atoms with Gasteiger partial charge in [-0.3, -0.25) is 4.99 Å². The van der Waals surface area contributed by atoms with Crippen molar-refractivity contribution in [1.82, 2.24) is 15.3 Å². The average molecular weight is 436 g/mol. The van der Waals surface area contributed by atoms with Crippen LogP contribution in [0.25, 0.3) is 11.9 Å². The number of aromatic nitrogens is 2. The Balaban J connectivity index is 0.000000706. The first-order valence-electron chi connectivity index (χ1n) is 8.86. The highest BCUT2D eigenvalue weighted by molar-refractivity contribution is 8.13. The Kier molecular flexibility index (Phi) is 15.3. The Morgan fingerprint density at radius 3 is 2.37 bits per heavy atom. The highest BCUT2D eigenvalue weighted by atomic mass is 32.2. The molecule has 0 atom stereocenters. The third-order valence-corrected chi connectivity index (χ3v) is 3.62. The molecular formula is C21H27F2N5OS. The normalized spacial score (nSPS) is 10.7. The molecule has 0 unspecified atom stereocenters. The highest BCUT2D eigenvalue weighted by Crippen LogP contribution is 2.18. The third-order valence-electron chi connectivity index (χ3n) is 2.85. The zero-order valence-electron chi connectivity index (χ0n) is 17.5. The van der Waals surface area contributed by atoms with E-state index in [0.717, 1.165) is 5.75 Å². The number of benzene rings is 1. The van der Waals surface area contributed by atoms with Gasteiger partial charge in [-0.2, -0.15) is 0 Å². The first kappa shape index (κ1) is 27.0. The maximum atomic E-state index is 13.9. The first-order chi connectivity index (χ1) is 14.4. The van der Waals surface area contributed by atoms with Crippen molar-refractivity contribution in [2.24, 2.45) is 10.7 Å². The van der Waals surface area contributed by atoms with Crippen LogP contribution in [0.2, 0.25) is 0 Å². The molecule has 1 heterocycles. The summed E-state index contributed by atoms with van der Waals surface area (Å²) in [5.41, 5.74) is 5.88. The zero-order chi connectivity index (χ0) is 22.8. The molecule has 2 aromatic rings. The SMILES string of the molecule is C#CCOc1cnc(/C(F)=C/c2ccc(F)cc2)cn1.CCSC(N)=NC.CNC. The van der Waals surface area contributed by atoms with Crippen LogP contribution < -0.4 is 15.8 Å². The molecule has 30 heavy (non-hydrogen) atoms. The van der Waals surface area contributed by atoms with Gasteiger partial charge in [0.05, 0.1) is 12.4 Å². The van der Waals surface area contributed by atoms with Gasteiger partial charge in [0.2, 0.25) is 5.88 Å². The summed E-state index contributed by atoms with van der Waals surface area (Å²) < 4.78 is 31.7. The lowest BCUT2D eigenvalue weighted by Crippen LogP contribution is -2.05. The fourth-order valence-corrected chi connectivity index (χ4v) is 2.05. The monoisotopic (exact) mass is 435 g/mol. The van der Waals surface area contributed by atoms with Crippen LogP contribution in [0.4, 0.5) is 8.78 Å². The number of ether oxygens (including phenoxy) is 1. The Morgan fingerprint density at radius 2 is 1.93 bits per heavy atom. The lowest BCUT2D eigenvalue weighted by molar-refractivity contribution is 0.353. The van der Waals surface area contributed by atoms with Crippen LogP contribution in [-0.4, -0.2) is 48.6 Å². The Hall–Kier alpha value is -2.96. The van der Waals surface area contributed by atoms with Crippen molar-refractivity contribution in [3.8, 4) is 18.2 Å². The first-order valence-corrected chi connectivity index (χ1v) is 9.85. The predicted molar refractivity (Wildman–Crippen MR) is 122 cm³/mol. The van der Waals surface area contributed by atoms with Crippen molar-refractivity contribution in [2.45, 2.75) is 6.92 Å². The van der Waals surface area contributed by atoms with E-state index in [0.29, 0.717) is 10.7 Å². The number of nitrogens with two attached hydrogens (primary N) is 1. The molecule has 0 radical (unpaired) electrons. The van der Waals surface area contributed by atoms with Gasteiger partial charge in [0.15, 0.2) is 17.6 Å². The standard InChI is InChI=1S/C15H10F2N2O.C4H10N2S.C2H7N/c1-2-7-20-15-10-18-14(9-19-15)13(17)8-11-3-5-12(16)6-4-11;1-3-7-4(5)6-2;1-3-2/h1,3-6,8-10H,7H2;3H2,1-2H3,(H2,5,6);3H,1-2H3/b13-8-;;. The maximum Gasteiger partial charge on any atom is 0.233 e. The van der Waals surface area contributed by atoms with Gasteiger partial charge in [0.25, 0.3) is 0 Å². The summed E-state index contributed by atoms with van der Waals surface area (Å²) in [4.78, 5) is 11.5. The lowest BCUT2D eigenvalue weighted by atomic mass is 10.2. The molecule has 0 bridgehead atoms. The number of rotatable bonds is 5. The summed E-state index contributed by atoms with van der Waals surface area (Å²) >= 11 is 1.56. The third kappa shape index (κ3) is 12.5. The molecule has 1 aromatic carbocycles. The summed E-state index contributed by atoms with van der Waals surface area (Å²) in [5, 5.41) is 3.42. The second-order valence-corrected chi connectivity index (χ2v) is 6.56. The molecule has 0 saturated heterocycles. The number of halogens is 2. The Morgan fingerprint density at radius 1 is 1.30 bits per heavy atom. The van der Waals surface area contributed by atoms with Crippen LogP contribution in [0.5, 0.6) is 5.88 Å². The van der Waals surface area contributed by atoms with Gasteiger partial charge < -0.3 is 15.8 Å². The summed E-state index contributed by atoms with van der Waals surface area (Å²) in [6.07, 6.45) is 8.79. The van der Waals surface area contributed by atoms with E-state index in [4.69, 9.17) is 16.9 Å². The summed E-state index contributed by atoms with van der Waals surface area (Å²) in [6, 6.07) is 5.43. The molecule has 6 nitrogen and oxygen atoms in total. The molecule has 9 heteroatoms. The number of nitrogens with zero attached hydrogens (tertiary/aromatic N) is 3. The molecule has 0 spiro atoms. The molecule has 1 aromatic heterocycles. The van der Waals surface area contributed by atoms with E-state index in [9.17, 15) is 8.78 Å². The van der Waals surface area contributed by atoms with Gasteiger partial charge in [-0.05, 0) is 43.6 Å². The van der Waals surface area contributed by atoms with E-state index in [2.05, 4.69) is 26.2 Å². The topological polar surface area (TPSA) is 85.4 Å². The zero-order valence-corrected chi connectivity index (χ0v) is 18.3. The fourth-order valence-electron chi connectivity index (χ4n) is 1.62. The van der Waals surface area contributed by atoms with E-state index in [1.165, 1.54) is 42.7 Å². The molecule has 0 aliphatic heterocycles. The Labute approximate surface area is 181 Å². The van der Waals surface area contributed by atoms with Crippen LogP contribution in [0.3, 0.4) is 0 Å². The van der Waals surface area contributed by atoms with Crippen molar-refractivity contribution in [3.05, 3.63) is 53.7 Å². The van der Waals surface area contributed by atoms with Crippen molar-refractivity contribution in [1.29, 1.82) is 0 Å². The van der Waals surface area contributed by atoms with E-state index < -0.39 is 5.83 Å². The largest absolute Gasteiger partial charge is 0.463 e. The smallest absolute Gasteiger partial charge is 0.233 e. The van der Waals surface area contributed by atoms with Gasteiger partial charge in [-0.25, -0.2) is 18.7 Å². The quantitative estimate of drug-likeness (QED) is 0.424. The van der Waals surface area contributed by atoms with Crippen molar-refractivity contribution in [2.75, 3.05) is 33.5 Å². The minimum Gasteiger partial charge on any atom is -0.463 e. The number of hydrogen-bond donors (Lipinski definition) is 2. The van der Waals surface area contributed by atoms with Crippen molar-refractivity contribution < 1.29 is 13.5 Å². The molecule has 3 N–H and O–H groups in total. The lowest BCUT2D eigenvalue weighted by Gasteiger charge is -2.01. The molecule has 0 saturated carbocycles. The number of hydrogen-bond acceptors (Lipinski definition) is 6. The molecule has 0 fully saturated rings. The molecule has 0 aliphatic carbocycles. The van der Waals surface area contributed by atoms with Crippen LogP contribution in [0.15, 0.2) is 41.7 Å². The second-order valence-electron chi connectivity index (χ2n) is 5.27. The van der Waals surface area contributed by atoms with Gasteiger partial charge in [-0.15, -0.1) is 6.42 Å². The maximum absolute atomic E-state index is 13.9. The van der Waals surface area contributed by atoms with Gasteiger partial charge in [0, 0.05) is 7.05 Å². The van der Waals surface area contributed by atoms with Crippen LogP contribution in [0.1, 0.15) is 18.2 Å².